The lowest BCUT2D eigenvalue weighted by atomic mass is 9.89. The van der Waals surface area contributed by atoms with E-state index in [0.717, 1.165) is 30.7 Å². The molecule has 0 N–H and O–H groups in total. The van der Waals surface area contributed by atoms with Gasteiger partial charge in [-0.1, -0.05) is 32.1 Å². The topological polar surface area (TPSA) is 36.0 Å². The maximum atomic E-state index is 12.3. The molecule has 2 fully saturated rings. The SMILES string of the molecule is C/C=C\C(=C/C)C1CCN(Sc2ccc(N3CC(N(C)C(=O)OC(C)(C)C)C3)c(Br)c2)CC1.CC. The van der Waals surface area contributed by atoms with Crippen LogP contribution in [0.2, 0.25) is 0 Å². The first-order valence-electron chi connectivity index (χ1n) is 12.8. The molecule has 35 heavy (non-hydrogen) atoms. The number of piperidine rings is 1. The van der Waals surface area contributed by atoms with Crippen LogP contribution in [0.3, 0.4) is 0 Å². The van der Waals surface area contributed by atoms with Crippen molar-refractivity contribution >= 4 is 39.7 Å². The van der Waals surface area contributed by atoms with Crippen molar-refractivity contribution in [1.29, 1.82) is 0 Å². The minimum Gasteiger partial charge on any atom is -0.444 e. The number of amides is 1. The molecule has 2 saturated heterocycles. The summed E-state index contributed by atoms with van der Waals surface area (Å²) in [4.78, 5) is 17.6. The van der Waals surface area contributed by atoms with E-state index in [1.54, 1.807) is 4.90 Å². The second-order valence-corrected chi connectivity index (χ2v) is 11.9. The van der Waals surface area contributed by atoms with Gasteiger partial charge in [-0.05, 0) is 105 Å². The molecule has 0 aromatic heterocycles. The Kier molecular flexibility index (Phi) is 11.7. The number of carbonyl (C=O) groups excluding carboxylic acids is 1. The number of halogens is 1. The first-order chi connectivity index (χ1) is 16.6. The van der Waals surface area contributed by atoms with E-state index in [-0.39, 0.29) is 12.1 Å². The Hall–Kier alpha value is -1.44. The highest BCUT2D eigenvalue weighted by Crippen LogP contribution is 2.37. The Morgan fingerprint density at radius 3 is 2.31 bits per heavy atom. The molecule has 0 aliphatic carbocycles. The van der Waals surface area contributed by atoms with Crippen LogP contribution in [0.15, 0.2) is 51.4 Å². The van der Waals surface area contributed by atoms with E-state index in [2.05, 4.69) is 75.4 Å². The van der Waals surface area contributed by atoms with Crippen LogP contribution in [-0.4, -0.2) is 60.2 Å². The van der Waals surface area contributed by atoms with Gasteiger partial charge in [0.2, 0.25) is 0 Å². The van der Waals surface area contributed by atoms with Crippen LogP contribution >= 0.6 is 27.9 Å². The lowest BCUT2D eigenvalue weighted by Gasteiger charge is -2.45. The van der Waals surface area contributed by atoms with E-state index >= 15 is 0 Å². The summed E-state index contributed by atoms with van der Waals surface area (Å²) in [5.74, 6) is 0.676. The third-order valence-electron chi connectivity index (χ3n) is 6.20. The maximum absolute atomic E-state index is 12.3. The van der Waals surface area contributed by atoms with Crippen molar-refractivity contribution in [1.82, 2.24) is 9.21 Å². The summed E-state index contributed by atoms with van der Waals surface area (Å²) in [5.41, 5.74) is 2.18. The number of allylic oxidation sites excluding steroid dienone is 4. The lowest BCUT2D eigenvalue weighted by molar-refractivity contribution is 0.0197. The van der Waals surface area contributed by atoms with Crippen molar-refractivity contribution < 1.29 is 9.53 Å². The molecule has 0 spiro atoms. The molecule has 2 aliphatic heterocycles. The van der Waals surface area contributed by atoms with Crippen LogP contribution in [0.5, 0.6) is 0 Å². The number of hydrogen-bond donors (Lipinski definition) is 0. The summed E-state index contributed by atoms with van der Waals surface area (Å²) in [7, 11) is 1.83. The van der Waals surface area contributed by atoms with E-state index < -0.39 is 5.60 Å². The molecule has 3 rings (SSSR count). The monoisotopic (exact) mass is 565 g/mol. The molecular formula is C28H44BrN3O2S. The highest BCUT2D eigenvalue weighted by atomic mass is 79.9. The molecule has 0 radical (unpaired) electrons. The van der Waals surface area contributed by atoms with Gasteiger partial charge in [0.1, 0.15) is 5.60 Å². The third-order valence-corrected chi connectivity index (χ3v) is 7.93. The van der Waals surface area contributed by atoms with Crippen molar-refractivity contribution in [3.63, 3.8) is 0 Å². The van der Waals surface area contributed by atoms with Gasteiger partial charge in [0, 0.05) is 42.6 Å². The molecule has 0 unspecified atom stereocenters. The van der Waals surface area contributed by atoms with E-state index in [0.29, 0.717) is 5.92 Å². The normalized spacial score (nSPS) is 18.2. The zero-order chi connectivity index (χ0) is 26.2. The van der Waals surface area contributed by atoms with Crippen molar-refractivity contribution in [3.8, 4) is 0 Å². The van der Waals surface area contributed by atoms with E-state index in [9.17, 15) is 4.79 Å². The average Bonchev–Trinajstić information content (AvgIpc) is 2.78. The highest BCUT2D eigenvalue weighted by molar-refractivity contribution is 9.10. The Labute approximate surface area is 226 Å². The van der Waals surface area contributed by atoms with Gasteiger partial charge >= 0.3 is 6.09 Å². The van der Waals surface area contributed by atoms with E-state index in [1.807, 2.05) is 53.6 Å². The van der Waals surface area contributed by atoms with Crippen LogP contribution in [0.1, 0.15) is 61.3 Å². The third kappa shape index (κ3) is 8.57. The molecule has 196 valence electrons. The molecule has 0 atom stereocenters. The van der Waals surface area contributed by atoms with E-state index in [4.69, 9.17) is 4.74 Å². The molecule has 7 heteroatoms. The number of nitrogens with zero attached hydrogens (tertiary/aromatic N) is 3. The molecule has 2 heterocycles. The number of rotatable bonds is 6. The summed E-state index contributed by atoms with van der Waals surface area (Å²) in [6, 6.07) is 6.78. The predicted molar refractivity (Wildman–Crippen MR) is 154 cm³/mol. The highest BCUT2D eigenvalue weighted by Gasteiger charge is 2.35. The van der Waals surface area contributed by atoms with Crippen molar-refractivity contribution in [2.75, 3.05) is 38.1 Å². The smallest absolute Gasteiger partial charge is 0.410 e. The summed E-state index contributed by atoms with van der Waals surface area (Å²) in [5, 5.41) is 0. The number of carbonyl (C=O) groups is 1. The Morgan fingerprint density at radius 1 is 1.17 bits per heavy atom. The van der Waals surface area contributed by atoms with Gasteiger partial charge in [-0.25, -0.2) is 9.10 Å². The van der Waals surface area contributed by atoms with Gasteiger partial charge in [0.25, 0.3) is 0 Å². The summed E-state index contributed by atoms with van der Waals surface area (Å²) >= 11 is 5.63. The number of hydrogen-bond acceptors (Lipinski definition) is 5. The quantitative estimate of drug-likeness (QED) is 0.260. The fourth-order valence-corrected chi connectivity index (χ4v) is 6.04. The molecule has 0 bridgehead atoms. The molecular weight excluding hydrogens is 522 g/mol. The van der Waals surface area contributed by atoms with Crippen LogP contribution in [-0.2, 0) is 4.74 Å². The van der Waals surface area contributed by atoms with Crippen LogP contribution in [0, 0.1) is 5.92 Å². The number of likely N-dealkylation sites (N-methyl/N-ethyl adjacent to an activating group) is 1. The zero-order valence-electron chi connectivity index (χ0n) is 22.8. The molecule has 5 nitrogen and oxygen atoms in total. The summed E-state index contributed by atoms with van der Waals surface area (Å²) in [6.07, 6.45) is 8.82. The molecule has 1 aromatic carbocycles. The molecule has 0 saturated carbocycles. The van der Waals surface area contributed by atoms with E-state index in [1.165, 1.54) is 29.0 Å². The molecule has 2 aliphatic rings. The first kappa shape index (κ1) is 29.8. The van der Waals surface area contributed by atoms with Crippen LogP contribution in [0.25, 0.3) is 0 Å². The van der Waals surface area contributed by atoms with Gasteiger partial charge < -0.3 is 14.5 Å². The number of ether oxygens (including phenoxy) is 1. The fourth-order valence-electron chi connectivity index (χ4n) is 4.27. The minimum atomic E-state index is -0.470. The predicted octanol–water partition coefficient (Wildman–Crippen LogP) is 7.77. The van der Waals surface area contributed by atoms with Gasteiger partial charge in [-0.3, -0.25) is 0 Å². The Balaban J connectivity index is 0.00000210. The average molecular weight is 567 g/mol. The first-order valence-corrected chi connectivity index (χ1v) is 14.4. The van der Waals surface area contributed by atoms with Gasteiger partial charge in [0.05, 0.1) is 11.7 Å². The molecule has 1 amide bonds. The minimum absolute atomic E-state index is 0.173. The number of benzene rings is 1. The lowest BCUT2D eigenvalue weighted by Crippen LogP contribution is -2.60. The Bertz CT molecular complexity index is 883. The summed E-state index contributed by atoms with van der Waals surface area (Å²) in [6.45, 7) is 17.8. The standard InChI is InChI=1S/C26H38BrN3O2S.C2H6/c1-7-9-19(8-2)20-12-14-30(15-13-20)33-22-10-11-24(23(27)16-22)29-17-21(18-29)28(6)25(31)32-26(3,4)5;1-2/h7-11,16,20-21H,12-15,17-18H2,1-6H3;1-2H3/b9-7-,19-8+;. The van der Waals surface area contributed by atoms with Crippen LogP contribution < -0.4 is 4.90 Å². The molecule has 1 aromatic rings. The maximum Gasteiger partial charge on any atom is 0.410 e. The van der Waals surface area contributed by atoms with Gasteiger partial charge in [0.15, 0.2) is 0 Å². The zero-order valence-corrected chi connectivity index (χ0v) is 25.2. The van der Waals surface area contributed by atoms with Crippen molar-refractivity contribution in [2.24, 2.45) is 5.92 Å². The van der Waals surface area contributed by atoms with Gasteiger partial charge in [-0.15, -0.1) is 0 Å². The second-order valence-electron chi connectivity index (χ2n) is 9.85. The summed E-state index contributed by atoms with van der Waals surface area (Å²) < 4.78 is 9.08. The number of anilines is 1. The van der Waals surface area contributed by atoms with Crippen LogP contribution in [0.4, 0.5) is 10.5 Å². The fraction of sp³-hybridized carbons (Fsp3) is 0.607. The Morgan fingerprint density at radius 2 is 1.80 bits per heavy atom. The van der Waals surface area contributed by atoms with Crippen molar-refractivity contribution in [3.05, 3.63) is 46.5 Å². The van der Waals surface area contributed by atoms with Gasteiger partial charge in [-0.2, -0.15) is 0 Å². The second kappa shape index (κ2) is 13.8. The van der Waals surface area contributed by atoms with Crippen molar-refractivity contribution in [2.45, 2.75) is 77.8 Å². The largest absolute Gasteiger partial charge is 0.444 e.